The number of carbonyl (C=O) groups is 1. The van der Waals surface area contributed by atoms with Gasteiger partial charge in [0, 0.05) is 11.8 Å². The van der Waals surface area contributed by atoms with E-state index in [-0.39, 0.29) is 12.0 Å². The van der Waals surface area contributed by atoms with Crippen LogP contribution in [0.4, 0.5) is 4.39 Å². The minimum absolute atomic E-state index is 0.246. The lowest BCUT2D eigenvalue weighted by molar-refractivity contribution is -0.135. The molecular formula is C14H13FN2O2. The predicted octanol–water partition coefficient (Wildman–Crippen LogP) is 2.27. The van der Waals surface area contributed by atoms with E-state index in [1.165, 1.54) is 11.1 Å². The highest BCUT2D eigenvalue weighted by molar-refractivity contribution is 5.86. The number of nitrogens with zero attached hydrogens (tertiary/aromatic N) is 1. The molecule has 0 aromatic heterocycles. The van der Waals surface area contributed by atoms with Crippen LogP contribution < -0.4 is 5.84 Å². The predicted molar refractivity (Wildman–Crippen MR) is 69.9 cm³/mol. The summed E-state index contributed by atoms with van der Waals surface area (Å²) in [7, 11) is 0. The Hall–Kier alpha value is -2.40. The number of halogens is 1. The molecular weight excluding hydrogens is 247 g/mol. The Morgan fingerprint density at radius 1 is 1.32 bits per heavy atom. The van der Waals surface area contributed by atoms with E-state index in [9.17, 15) is 9.18 Å². The van der Waals surface area contributed by atoms with Gasteiger partial charge in [-0.3, -0.25) is 9.80 Å². The summed E-state index contributed by atoms with van der Waals surface area (Å²) in [6.07, 6.45) is 6.37. The number of nitrogens with two attached hydrogens (primary N) is 1. The van der Waals surface area contributed by atoms with Crippen molar-refractivity contribution in [3.8, 4) is 0 Å². The first-order valence-corrected chi connectivity index (χ1v) is 5.68. The summed E-state index contributed by atoms with van der Waals surface area (Å²) in [5.41, 5.74) is 1.05. The van der Waals surface area contributed by atoms with Gasteiger partial charge in [0.05, 0.1) is 12.1 Å². The van der Waals surface area contributed by atoms with E-state index in [1.54, 1.807) is 42.6 Å². The van der Waals surface area contributed by atoms with Crippen molar-refractivity contribution in [1.29, 1.82) is 0 Å². The monoisotopic (exact) mass is 260 g/mol. The first-order valence-electron chi connectivity index (χ1n) is 5.68. The number of carboxylic acid groups (broad SMARTS) is 1. The maximum absolute atomic E-state index is 13.8. The van der Waals surface area contributed by atoms with Crippen LogP contribution in [0.2, 0.25) is 0 Å². The van der Waals surface area contributed by atoms with Gasteiger partial charge in [0.25, 0.3) is 0 Å². The molecule has 1 heterocycles. The minimum atomic E-state index is -1.04. The molecule has 0 aliphatic carbocycles. The number of hydrogen-bond donors (Lipinski definition) is 2. The molecule has 0 saturated carbocycles. The number of benzene rings is 1. The number of allylic oxidation sites excluding steroid dienone is 3. The van der Waals surface area contributed by atoms with Crippen LogP contribution >= 0.6 is 0 Å². The summed E-state index contributed by atoms with van der Waals surface area (Å²) in [5.74, 6) is 4.26. The average molecular weight is 260 g/mol. The molecule has 0 fully saturated rings. The molecule has 1 aliphatic rings. The second-order valence-corrected chi connectivity index (χ2v) is 4.02. The second-order valence-electron chi connectivity index (χ2n) is 4.02. The molecule has 1 aromatic rings. The molecule has 1 aromatic carbocycles. The average Bonchev–Trinajstić information content (AvgIpc) is 2.37. The van der Waals surface area contributed by atoms with Gasteiger partial charge < -0.3 is 5.11 Å². The zero-order valence-electron chi connectivity index (χ0n) is 10.1. The fourth-order valence-corrected chi connectivity index (χ4v) is 1.89. The van der Waals surface area contributed by atoms with Crippen molar-refractivity contribution in [3.05, 3.63) is 65.8 Å². The molecule has 0 amide bonds. The number of aliphatic carboxylic acids is 1. The maximum Gasteiger partial charge on any atom is 0.307 e. The quantitative estimate of drug-likeness (QED) is 0.818. The lowest BCUT2D eigenvalue weighted by Crippen LogP contribution is -2.26. The molecule has 5 heteroatoms. The Balaban J connectivity index is 2.57. The van der Waals surface area contributed by atoms with Crippen molar-refractivity contribution in [2.75, 3.05) is 0 Å². The fourth-order valence-electron chi connectivity index (χ4n) is 1.89. The highest BCUT2D eigenvalue weighted by Gasteiger charge is 2.17. The van der Waals surface area contributed by atoms with Crippen LogP contribution in [0.15, 0.2) is 54.4 Å². The van der Waals surface area contributed by atoms with Crippen molar-refractivity contribution in [2.45, 2.75) is 6.42 Å². The molecule has 0 saturated heterocycles. The van der Waals surface area contributed by atoms with E-state index >= 15 is 0 Å². The molecule has 0 bridgehead atoms. The van der Waals surface area contributed by atoms with Gasteiger partial charge in [0.15, 0.2) is 0 Å². The minimum Gasteiger partial charge on any atom is -0.481 e. The number of hydrogen-bond acceptors (Lipinski definition) is 3. The van der Waals surface area contributed by atoms with Crippen molar-refractivity contribution in [1.82, 2.24) is 5.01 Å². The van der Waals surface area contributed by atoms with Crippen molar-refractivity contribution in [2.24, 2.45) is 5.84 Å². The third-order valence-electron chi connectivity index (χ3n) is 2.73. The van der Waals surface area contributed by atoms with Gasteiger partial charge in [0.2, 0.25) is 0 Å². The third kappa shape index (κ3) is 2.89. The fraction of sp³-hybridized carbons (Fsp3) is 0.0714. The van der Waals surface area contributed by atoms with Crippen molar-refractivity contribution < 1.29 is 14.3 Å². The zero-order chi connectivity index (χ0) is 13.8. The van der Waals surface area contributed by atoms with Crippen LogP contribution in [0.25, 0.3) is 5.57 Å². The van der Waals surface area contributed by atoms with E-state index in [0.717, 1.165) is 0 Å². The number of rotatable bonds is 3. The second kappa shape index (κ2) is 5.49. The van der Waals surface area contributed by atoms with Gasteiger partial charge in [-0.2, -0.15) is 0 Å². The van der Waals surface area contributed by atoms with Crippen molar-refractivity contribution >= 4 is 11.5 Å². The van der Waals surface area contributed by atoms with E-state index in [1.807, 2.05) is 0 Å². The largest absolute Gasteiger partial charge is 0.481 e. The van der Waals surface area contributed by atoms with E-state index < -0.39 is 11.8 Å². The SMILES string of the molecule is NN1C=CC=C/C1=C(/CC(=O)O)c1ccccc1F. The maximum atomic E-state index is 13.8. The Labute approximate surface area is 109 Å². The summed E-state index contributed by atoms with van der Waals surface area (Å²) in [4.78, 5) is 11.0. The number of carboxylic acids is 1. The van der Waals surface area contributed by atoms with Gasteiger partial charge in [-0.05, 0) is 23.8 Å². The van der Waals surface area contributed by atoms with Gasteiger partial charge in [-0.25, -0.2) is 10.2 Å². The van der Waals surface area contributed by atoms with Crippen LogP contribution in [0, 0.1) is 5.82 Å². The standard InChI is InChI=1S/C14H13FN2O2/c15-12-6-2-1-5-10(12)11(9-14(18)19)13-7-3-4-8-17(13)16/h1-8H,9,16H2,(H,18,19)/b13-11+. The van der Waals surface area contributed by atoms with Crippen LogP contribution in [0.5, 0.6) is 0 Å². The Bertz CT molecular complexity index is 591. The Kier molecular flexibility index (Phi) is 3.77. The smallest absolute Gasteiger partial charge is 0.307 e. The first-order chi connectivity index (χ1) is 9.09. The molecule has 3 N–H and O–H groups in total. The van der Waals surface area contributed by atoms with Gasteiger partial charge >= 0.3 is 5.97 Å². The lowest BCUT2D eigenvalue weighted by atomic mass is 9.98. The van der Waals surface area contributed by atoms with E-state index in [0.29, 0.717) is 11.3 Å². The zero-order valence-corrected chi connectivity index (χ0v) is 10.1. The molecule has 98 valence electrons. The van der Waals surface area contributed by atoms with Crippen molar-refractivity contribution in [3.63, 3.8) is 0 Å². The van der Waals surface area contributed by atoms with E-state index in [2.05, 4.69) is 0 Å². The highest BCUT2D eigenvalue weighted by Crippen LogP contribution is 2.27. The summed E-state index contributed by atoms with van der Waals surface area (Å²) < 4.78 is 13.8. The third-order valence-corrected chi connectivity index (χ3v) is 2.73. The normalized spacial score (nSPS) is 16.6. The lowest BCUT2D eigenvalue weighted by Gasteiger charge is -2.21. The molecule has 19 heavy (non-hydrogen) atoms. The van der Waals surface area contributed by atoms with Crippen LogP contribution in [0.1, 0.15) is 12.0 Å². The summed E-state index contributed by atoms with van der Waals surface area (Å²) in [6, 6.07) is 6.05. The van der Waals surface area contributed by atoms with Crippen LogP contribution in [0.3, 0.4) is 0 Å². The summed E-state index contributed by atoms with van der Waals surface area (Å²) in [6.45, 7) is 0. The Morgan fingerprint density at radius 3 is 2.68 bits per heavy atom. The summed E-state index contributed by atoms with van der Waals surface area (Å²) >= 11 is 0. The van der Waals surface area contributed by atoms with Crippen LogP contribution in [-0.2, 0) is 4.79 Å². The molecule has 0 spiro atoms. The summed E-state index contributed by atoms with van der Waals surface area (Å²) in [5, 5.41) is 10.3. The van der Waals surface area contributed by atoms with Gasteiger partial charge in [-0.15, -0.1) is 0 Å². The number of hydrazine groups is 1. The highest BCUT2D eigenvalue weighted by atomic mass is 19.1. The van der Waals surface area contributed by atoms with Gasteiger partial charge in [0.1, 0.15) is 5.82 Å². The molecule has 1 aliphatic heterocycles. The van der Waals surface area contributed by atoms with E-state index in [4.69, 9.17) is 10.9 Å². The topological polar surface area (TPSA) is 66.6 Å². The molecule has 0 atom stereocenters. The molecule has 2 rings (SSSR count). The van der Waals surface area contributed by atoms with Gasteiger partial charge in [-0.1, -0.05) is 24.3 Å². The molecule has 0 radical (unpaired) electrons. The molecule has 4 nitrogen and oxygen atoms in total. The van der Waals surface area contributed by atoms with Crippen LogP contribution in [-0.4, -0.2) is 16.1 Å². The first kappa shape index (κ1) is 13.0. The Morgan fingerprint density at radius 2 is 2.05 bits per heavy atom. The molecule has 0 unspecified atom stereocenters.